The standard InChI is InChI=1S/C15H21N5/c1-13(15-4-2-3-7-16-15)19-9-5-14(6-10-19)12-20-11-8-17-18-20/h2-4,7-8,11,13-14H,5-6,9-10,12H2,1H3/t13-/m1/s1. The van der Waals surface area contributed by atoms with Crippen LogP contribution in [0.2, 0.25) is 0 Å². The van der Waals surface area contributed by atoms with E-state index in [1.807, 2.05) is 23.1 Å². The Hall–Kier alpha value is -1.75. The highest BCUT2D eigenvalue weighted by Crippen LogP contribution is 2.26. The molecule has 2 aromatic heterocycles. The first-order valence-electron chi connectivity index (χ1n) is 7.32. The van der Waals surface area contributed by atoms with Crippen molar-refractivity contribution in [1.29, 1.82) is 0 Å². The Labute approximate surface area is 119 Å². The number of likely N-dealkylation sites (tertiary alicyclic amines) is 1. The molecule has 3 rings (SSSR count). The van der Waals surface area contributed by atoms with E-state index in [4.69, 9.17) is 0 Å². The van der Waals surface area contributed by atoms with E-state index in [9.17, 15) is 0 Å². The zero-order chi connectivity index (χ0) is 13.8. The van der Waals surface area contributed by atoms with Crippen LogP contribution in [0.15, 0.2) is 36.8 Å². The van der Waals surface area contributed by atoms with E-state index in [0.717, 1.165) is 19.6 Å². The zero-order valence-corrected chi connectivity index (χ0v) is 11.9. The number of rotatable bonds is 4. The van der Waals surface area contributed by atoms with Gasteiger partial charge in [0.25, 0.3) is 0 Å². The van der Waals surface area contributed by atoms with E-state index >= 15 is 0 Å². The highest BCUT2D eigenvalue weighted by Gasteiger charge is 2.24. The van der Waals surface area contributed by atoms with Crippen molar-refractivity contribution in [1.82, 2.24) is 24.9 Å². The molecule has 0 unspecified atom stereocenters. The predicted octanol–water partition coefficient (Wildman–Crippen LogP) is 2.15. The molecule has 0 N–H and O–H groups in total. The van der Waals surface area contributed by atoms with Gasteiger partial charge in [-0.3, -0.25) is 14.6 Å². The molecule has 0 saturated carbocycles. The van der Waals surface area contributed by atoms with E-state index in [1.165, 1.54) is 18.5 Å². The quantitative estimate of drug-likeness (QED) is 0.855. The first-order valence-corrected chi connectivity index (χ1v) is 7.32. The van der Waals surface area contributed by atoms with Crippen molar-refractivity contribution in [3.63, 3.8) is 0 Å². The molecule has 0 spiro atoms. The van der Waals surface area contributed by atoms with Crippen molar-refractivity contribution in [2.24, 2.45) is 5.92 Å². The fourth-order valence-electron chi connectivity index (χ4n) is 2.93. The molecule has 20 heavy (non-hydrogen) atoms. The molecule has 5 nitrogen and oxygen atoms in total. The lowest BCUT2D eigenvalue weighted by Gasteiger charge is -2.35. The number of nitrogens with zero attached hydrogens (tertiary/aromatic N) is 5. The van der Waals surface area contributed by atoms with Crippen LogP contribution in [0.25, 0.3) is 0 Å². The van der Waals surface area contributed by atoms with Gasteiger partial charge in [0.2, 0.25) is 0 Å². The molecule has 0 amide bonds. The number of hydrogen-bond donors (Lipinski definition) is 0. The summed E-state index contributed by atoms with van der Waals surface area (Å²) in [6.07, 6.45) is 8.01. The topological polar surface area (TPSA) is 46.8 Å². The minimum atomic E-state index is 0.406. The Morgan fingerprint density at radius 2 is 2.10 bits per heavy atom. The Morgan fingerprint density at radius 3 is 2.75 bits per heavy atom. The van der Waals surface area contributed by atoms with Crippen molar-refractivity contribution in [2.75, 3.05) is 13.1 Å². The molecule has 3 heterocycles. The third-order valence-electron chi connectivity index (χ3n) is 4.23. The van der Waals surface area contributed by atoms with E-state index in [-0.39, 0.29) is 0 Å². The summed E-state index contributed by atoms with van der Waals surface area (Å²) in [4.78, 5) is 7.00. The van der Waals surface area contributed by atoms with Crippen LogP contribution in [-0.2, 0) is 6.54 Å². The van der Waals surface area contributed by atoms with Gasteiger partial charge in [0, 0.05) is 25.0 Å². The summed E-state index contributed by atoms with van der Waals surface area (Å²) in [5.74, 6) is 0.712. The summed E-state index contributed by atoms with van der Waals surface area (Å²) in [6.45, 7) is 5.51. The molecule has 0 bridgehead atoms. The van der Waals surface area contributed by atoms with Crippen LogP contribution in [-0.4, -0.2) is 38.0 Å². The summed E-state index contributed by atoms with van der Waals surface area (Å²) in [5, 5.41) is 7.92. The number of hydrogen-bond acceptors (Lipinski definition) is 4. The minimum absolute atomic E-state index is 0.406. The second-order valence-electron chi connectivity index (χ2n) is 5.54. The molecule has 0 aliphatic carbocycles. The first-order chi connectivity index (χ1) is 9.83. The van der Waals surface area contributed by atoms with Crippen LogP contribution in [0.1, 0.15) is 31.5 Å². The summed E-state index contributed by atoms with van der Waals surface area (Å²) >= 11 is 0. The lowest BCUT2D eigenvalue weighted by atomic mass is 9.95. The minimum Gasteiger partial charge on any atom is -0.295 e. The van der Waals surface area contributed by atoms with Gasteiger partial charge >= 0.3 is 0 Å². The van der Waals surface area contributed by atoms with Crippen molar-refractivity contribution < 1.29 is 0 Å². The molecule has 1 atom stereocenters. The SMILES string of the molecule is C[C@H](c1ccccn1)N1CCC(Cn2ccnn2)CC1. The Bertz CT molecular complexity index is 502. The van der Waals surface area contributed by atoms with Gasteiger partial charge in [-0.15, -0.1) is 5.10 Å². The van der Waals surface area contributed by atoms with Crippen molar-refractivity contribution in [3.05, 3.63) is 42.5 Å². The monoisotopic (exact) mass is 271 g/mol. The lowest BCUT2D eigenvalue weighted by Crippen LogP contribution is -2.37. The lowest BCUT2D eigenvalue weighted by molar-refractivity contribution is 0.129. The molecule has 1 aliphatic rings. The maximum absolute atomic E-state index is 4.47. The van der Waals surface area contributed by atoms with Gasteiger partial charge < -0.3 is 0 Å². The van der Waals surface area contributed by atoms with Gasteiger partial charge in [0.15, 0.2) is 0 Å². The molecule has 0 aromatic carbocycles. The van der Waals surface area contributed by atoms with Gasteiger partial charge in [0.05, 0.1) is 11.9 Å². The second-order valence-corrected chi connectivity index (χ2v) is 5.54. The summed E-state index contributed by atoms with van der Waals surface area (Å²) in [5.41, 5.74) is 1.17. The van der Waals surface area contributed by atoms with E-state index < -0.39 is 0 Å². The van der Waals surface area contributed by atoms with Crippen LogP contribution in [0, 0.1) is 5.92 Å². The first kappa shape index (κ1) is 13.2. The summed E-state index contributed by atoms with van der Waals surface area (Å²) < 4.78 is 1.95. The maximum atomic E-state index is 4.47. The summed E-state index contributed by atoms with van der Waals surface area (Å²) in [7, 11) is 0. The normalized spacial score (nSPS) is 19.1. The molecule has 1 fully saturated rings. The van der Waals surface area contributed by atoms with Crippen molar-refractivity contribution in [3.8, 4) is 0 Å². The van der Waals surface area contributed by atoms with Crippen molar-refractivity contribution in [2.45, 2.75) is 32.4 Å². The molecular formula is C15H21N5. The van der Waals surface area contributed by atoms with Gasteiger partial charge in [-0.1, -0.05) is 11.3 Å². The summed E-state index contributed by atoms with van der Waals surface area (Å²) in [6, 6.07) is 6.56. The van der Waals surface area contributed by atoms with Crippen LogP contribution in [0.3, 0.4) is 0 Å². The third-order valence-corrected chi connectivity index (χ3v) is 4.23. The Kier molecular flexibility index (Phi) is 4.06. The highest BCUT2D eigenvalue weighted by molar-refractivity contribution is 5.08. The molecule has 1 saturated heterocycles. The van der Waals surface area contributed by atoms with Gasteiger partial charge in [-0.05, 0) is 50.9 Å². The number of aromatic nitrogens is 4. The fourth-order valence-corrected chi connectivity index (χ4v) is 2.93. The second kappa shape index (κ2) is 6.13. The Balaban J connectivity index is 1.53. The van der Waals surface area contributed by atoms with E-state index in [1.54, 1.807) is 6.20 Å². The van der Waals surface area contributed by atoms with E-state index in [0.29, 0.717) is 12.0 Å². The molecule has 5 heteroatoms. The smallest absolute Gasteiger partial charge is 0.0692 e. The largest absolute Gasteiger partial charge is 0.295 e. The van der Waals surface area contributed by atoms with Gasteiger partial charge in [-0.2, -0.15) is 0 Å². The average molecular weight is 271 g/mol. The van der Waals surface area contributed by atoms with Crippen LogP contribution in [0.5, 0.6) is 0 Å². The van der Waals surface area contributed by atoms with Crippen LogP contribution in [0.4, 0.5) is 0 Å². The van der Waals surface area contributed by atoms with Crippen molar-refractivity contribution >= 4 is 0 Å². The molecule has 106 valence electrons. The van der Waals surface area contributed by atoms with Gasteiger partial charge in [-0.25, -0.2) is 0 Å². The van der Waals surface area contributed by atoms with E-state index in [2.05, 4.69) is 39.3 Å². The van der Waals surface area contributed by atoms with Gasteiger partial charge in [0.1, 0.15) is 0 Å². The number of piperidine rings is 1. The molecular weight excluding hydrogens is 250 g/mol. The molecule has 1 aliphatic heterocycles. The zero-order valence-electron chi connectivity index (χ0n) is 11.9. The third kappa shape index (κ3) is 3.04. The van der Waals surface area contributed by atoms with Crippen LogP contribution >= 0.6 is 0 Å². The molecule has 0 radical (unpaired) electrons. The Morgan fingerprint density at radius 1 is 1.25 bits per heavy atom. The number of pyridine rings is 1. The van der Waals surface area contributed by atoms with Crippen LogP contribution < -0.4 is 0 Å². The predicted molar refractivity (Wildman–Crippen MR) is 77.0 cm³/mol. The maximum Gasteiger partial charge on any atom is 0.0692 e. The molecule has 2 aromatic rings. The fraction of sp³-hybridized carbons (Fsp3) is 0.533. The average Bonchev–Trinajstić information content (AvgIpc) is 3.01. The highest BCUT2D eigenvalue weighted by atomic mass is 15.4.